The molecular formula is C7H10FNO3. The molecule has 68 valence electrons. The van der Waals surface area contributed by atoms with Gasteiger partial charge in [0.2, 0.25) is 0 Å². The Bertz CT molecular complexity index is 239. The Morgan fingerprint density at radius 1 is 1.75 bits per heavy atom. The molecule has 1 unspecified atom stereocenters. The lowest BCUT2D eigenvalue weighted by atomic mass is 9.91. The molecule has 0 aromatic carbocycles. The van der Waals surface area contributed by atoms with Crippen molar-refractivity contribution in [2.45, 2.75) is 20.0 Å². The standard InChI is InChI=1S/C7H10FNO3/c1-7(2)3-9(6(11)12)5(10)4(7)8/h4H,3H2,1-2H3,(H,11,12). The second-order valence-electron chi connectivity index (χ2n) is 3.56. The molecule has 1 saturated heterocycles. The molecule has 1 fully saturated rings. The first-order valence-corrected chi connectivity index (χ1v) is 3.54. The smallest absolute Gasteiger partial charge is 0.414 e. The summed E-state index contributed by atoms with van der Waals surface area (Å²) in [6, 6.07) is 0. The molecule has 0 spiro atoms. The Labute approximate surface area is 69.0 Å². The second kappa shape index (κ2) is 2.43. The maximum atomic E-state index is 13.1. The van der Waals surface area contributed by atoms with Gasteiger partial charge in [-0.3, -0.25) is 4.79 Å². The van der Waals surface area contributed by atoms with Gasteiger partial charge in [0.05, 0.1) is 0 Å². The lowest BCUT2D eigenvalue weighted by Crippen LogP contribution is -2.32. The minimum absolute atomic E-state index is 0.0671. The zero-order valence-corrected chi connectivity index (χ0v) is 6.87. The Morgan fingerprint density at radius 2 is 2.25 bits per heavy atom. The molecule has 2 amide bonds. The number of amides is 2. The summed E-state index contributed by atoms with van der Waals surface area (Å²) in [4.78, 5) is 21.8. The number of imide groups is 1. The predicted octanol–water partition coefficient (Wildman–Crippen LogP) is 0.871. The Morgan fingerprint density at radius 3 is 2.42 bits per heavy atom. The van der Waals surface area contributed by atoms with Crippen LogP contribution in [0, 0.1) is 5.41 Å². The summed E-state index contributed by atoms with van der Waals surface area (Å²) in [5.41, 5.74) is -0.893. The van der Waals surface area contributed by atoms with E-state index >= 15 is 0 Å². The number of carbonyl (C=O) groups excluding carboxylic acids is 1. The second-order valence-corrected chi connectivity index (χ2v) is 3.56. The third-order valence-electron chi connectivity index (χ3n) is 1.97. The fourth-order valence-electron chi connectivity index (χ4n) is 1.20. The highest BCUT2D eigenvalue weighted by molar-refractivity contribution is 5.96. The fourth-order valence-corrected chi connectivity index (χ4v) is 1.20. The molecule has 0 bridgehead atoms. The molecule has 0 saturated carbocycles. The van der Waals surface area contributed by atoms with Gasteiger partial charge in [-0.1, -0.05) is 13.8 Å². The molecule has 1 atom stereocenters. The molecule has 1 aliphatic heterocycles. The van der Waals surface area contributed by atoms with E-state index in [4.69, 9.17) is 5.11 Å². The van der Waals surface area contributed by atoms with Gasteiger partial charge >= 0.3 is 6.09 Å². The van der Waals surface area contributed by atoms with E-state index < -0.39 is 23.6 Å². The van der Waals surface area contributed by atoms with Crippen LogP contribution in [-0.2, 0) is 4.79 Å². The van der Waals surface area contributed by atoms with Crippen molar-refractivity contribution in [2.75, 3.05) is 6.54 Å². The minimum atomic E-state index is -1.70. The average Bonchev–Trinajstić information content (AvgIpc) is 2.14. The van der Waals surface area contributed by atoms with Crippen LogP contribution in [0.3, 0.4) is 0 Å². The number of carbonyl (C=O) groups is 2. The third-order valence-corrected chi connectivity index (χ3v) is 1.97. The summed E-state index contributed by atoms with van der Waals surface area (Å²) in [5, 5.41) is 8.47. The van der Waals surface area contributed by atoms with Gasteiger partial charge in [-0.25, -0.2) is 14.1 Å². The van der Waals surface area contributed by atoms with Gasteiger partial charge in [-0.15, -0.1) is 0 Å². The van der Waals surface area contributed by atoms with E-state index in [-0.39, 0.29) is 6.54 Å². The van der Waals surface area contributed by atoms with Crippen LogP contribution in [0.5, 0.6) is 0 Å². The van der Waals surface area contributed by atoms with Crippen molar-refractivity contribution in [1.82, 2.24) is 4.90 Å². The quantitative estimate of drug-likeness (QED) is 0.594. The summed E-state index contributed by atoms with van der Waals surface area (Å²) < 4.78 is 13.1. The number of rotatable bonds is 0. The summed E-state index contributed by atoms with van der Waals surface area (Å²) in [5.74, 6) is -0.951. The van der Waals surface area contributed by atoms with Gasteiger partial charge in [0.15, 0.2) is 6.17 Å². The van der Waals surface area contributed by atoms with Crippen LogP contribution >= 0.6 is 0 Å². The van der Waals surface area contributed by atoms with Crippen LogP contribution in [0.25, 0.3) is 0 Å². The van der Waals surface area contributed by atoms with Gasteiger partial charge in [0.25, 0.3) is 5.91 Å². The van der Waals surface area contributed by atoms with Crippen LogP contribution in [-0.4, -0.2) is 34.7 Å². The highest BCUT2D eigenvalue weighted by Gasteiger charge is 2.49. The zero-order chi connectivity index (χ0) is 9.52. The van der Waals surface area contributed by atoms with E-state index in [1.54, 1.807) is 0 Å². The van der Waals surface area contributed by atoms with Crippen LogP contribution < -0.4 is 0 Å². The molecule has 0 aromatic heterocycles. The van der Waals surface area contributed by atoms with E-state index in [0.717, 1.165) is 0 Å². The summed E-state index contributed by atoms with van der Waals surface area (Å²) in [6.07, 6.45) is -3.08. The predicted molar refractivity (Wildman–Crippen MR) is 38.4 cm³/mol. The van der Waals surface area contributed by atoms with E-state index in [2.05, 4.69) is 0 Å². The number of hydrogen-bond acceptors (Lipinski definition) is 2. The number of halogens is 1. The summed E-state index contributed by atoms with van der Waals surface area (Å²) in [7, 11) is 0. The monoisotopic (exact) mass is 175 g/mol. The van der Waals surface area contributed by atoms with Crippen molar-refractivity contribution >= 4 is 12.0 Å². The molecule has 1 heterocycles. The molecule has 0 aromatic rings. The Kier molecular flexibility index (Phi) is 1.82. The molecule has 1 rings (SSSR count). The van der Waals surface area contributed by atoms with Crippen molar-refractivity contribution < 1.29 is 19.1 Å². The first kappa shape index (κ1) is 8.96. The largest absolute Gasteiger partial charge is 0.465 e. The average molecular weight is 175 g/mol. The van der Waals surface area contributed by atoms with Gasteiger partial charge < -0.3 is 5.11 Å². The van der Waals surface area contributed by atoms with Crippen LogP contribution in [0.1, 0.15) is 13.8 Å². The maximum absolute atomic E-state index is 13.1. The lowest BCUT2D eigenvalue weighted by Gasteiger charge is -2.16. The number of carboxylic acid groups (broad SMARTS) is 1. The number of hydrogen-bond donors (Lipinski definition) is 1. The number of nitrogens with zero attached hydrogens (tertiary/aromatic N) is 1. The molecule has 0 radical (unpaired) electrons. The highest BCUT2D eigenvalue weighted by atomic mass is 19.1. The molecule has 1 aliphatic rings. The van der Waals surface area contributed by atoms with Crippen molar-refractivity contribution in [3.63, 3.8) is 0 Å². The van der Waals surface area contributed by atoms with Crippen molar-refractivity contribution in [1.29, 1.82) is 0 Å². The van der Waals surface area contributed by atoms with Crippen LogP contribution in [0.4, 0.5) is 9.18 Å². The minimum Gasteiger partial charge on any atom is -0.465 e. The van der Waals surface area contributed by atoms with Crippen molar-refractivity contribution in [3.8, 4) is 0 Å². The van der Waals surface area contributed by atoms with Crippen LogP contribution in [0.2, 0.25) is 0 Å². The first-order chi connectivity index (χ1) is 5.36. The van der Waals surface area contributed by atoms with Gasteiger partial charge in [0, 0.05) is 12.0 Å². The number of likely N-dealkylation sites (tertiary alicyclic amines) is 1. The van der Waals surface area contributed by atoms with E-state index in [1.807, 2.05) is 0 Å². The Hall–Kier alpha value is -1.13. The molecule has 5 heteroatoms. The molecule has 4 nitrogen and oxygen atoms in total. The van der Waals surface area contributed by atoms with Crippen LogP contribution in [0.15, 0.2) is 0 Å². The Balaban J connectivity index is 2.89. The highest BCUT2D eigenvalue weighted by Crippen LogP contribution is 2.32. The SMILES string of the molecule is CC1(C)CN(C(=O)O)C(=O)C1F. The fraction of sp³-hybridized carbons (Fsp3) is 0.714. The summed E-state index contributed by atoms with van der Waals surface area (Å²) >= 11 is 0. The van der Waals surface area contributed by atoms with Crippen molar-refractivity contribution in [3.05, 3.63) is 0 Å². The lowest BCUT2D eigenvalue weighted by molar-refractivity contribution is -0.130. The third kappa shape index (κ3) is 1.15. The van der Waals surface area contributed by atoms with Crippen molar-refractivity contribution in [2.24, 2.45) is 5.41 Å². The zero-order valence-electron chi connectivity index (χ0n) is 6.87. The summed E-state index contributed by atoms with van der Waals surface area (Å²) in [6.45, 7) is 2.99. The molecule has 1 N–H and O–H groups in total. The maximum Gasteiger partial charge on any atom is 0.414 e. The molecule has 12 heavy (non-hydrogen) atoms. The normalized spacial score (nSPS) is 27.8. The topological polar surface area (TPSA) is 57.6 Å². The van der Waals surface area contributed by atoms with E-state index in [0.29, 0.717) is 4.90 Å². The first-order valence-electron chi connectivity index (χ1n) is 3.54. The molecule has 0 aliphatic carbocycles. The number of alkyl halides is 1. The van der Waals surface area contributed by atoms with Gasteiger partial charge in [0.1, 0.15) is 0 Å². The van der Waals surface area contributed by atoms with E-state index in [9.17, 15) is 14.0 Å². The van der Waals surface area contributed by atoms with Gasteiger partial charge in [-0.05, 0) is 0 Å². The molecular weight excluding hydrogens is 165 g/mol. The van der Waals surface area contributed by atoms with E-state index in [1.165, 1.54) is 13.8 Å². The van der Waals surface area contributed by atoms with Gasteiger partial charge in [-0.2, -0.15) is 0 Å².